The zero-order valence-corrected chi connectivity index (χ0v) is 20.9. The van der Waals surface area contributed by atoms with Gasteiger partial charge in [-0.25, -0.2) is 4.39 Å². The molecule has 2 aliphatic heterocycles. The largest absolute Gasteiger partial charge is 0.398 e. The second-order valence-electron chi connectivity index (χ2n) is 9.30. The summed E-state index contributed by atoms with van der Waals surface area (Å²) in [5.74, 6) is -0.425. The molecule has 0 aliphatic carbocycles. The van der Waals surface area contributed by atoms with Gasteiger partial charge >= 0.3 is 0 Å². The van der Waals surface area contributed by atoms with Gasteiger partial charge in [-0.3, -0.25) is 14.8 Å². The highest BCUT2D eigenvalue weighted by Gasteiger charge is 2.32. The quantitative estimate of drug-likeness (QED) is 0.440. The van der Waals surface area contributed by atoms with E-state index < -0.39 is 5.60 Å². The van der Waals surface area contributed by atoms with Crippen LogP contribution < -0.4 is 5.73 Å². The third kappa shape index (κ3) is 4.41. The molecule has 0 unspecified atom stereocenters. The number of hydrogen-bond donors (Lipinski definition) is 2. The molecule has 4 rings (SSSR count). The van der Waals surface area contributed by atoms with Gasteiger partial charge in [-0.05, 0) is 55.4 Å². The summed E-state index contributed by atoms with van der Waals surface area (Å²) in [6, 6.07) is 7.09. The van der Waals surface area contributed by atoms with Gasteiger partial charge in [0.05, 0.1) is 17.8 Å². The van der Waals surface area contributed by atoms with Crippen LogP contribution in [0.2, 0.25) is 0 Å². The van der Waals surface area contributed by atoms with Crippen LogP contribution in [-0.4, -0.2) is 41.9 Å². The molecular weight excluding hydrogens is 443 g/mol. The molecular formula is C28H33FN4O2. The first-order valence-electron chi connectivity index (χ1n) is 12.1. The number of amides is 1. The molecule has 0 aromatic heterocycles. The normalized spacial score (nSPS) is 16.1. The second kappa shape index (κ2) is 9.74. The smallest absolute Gasteiger partial charge is 0.252 e. The molecule has 0 spiro atoms. The number of halogens is 1. The zero-order chi connectivity index (χ0) is 25.3. The minimum atomic E-state index is -1.04. The minimum absolute atomic E-state index is 0.0520. The van der Waals surface area contributed by atoms with Crippen LogP contribution in [0.25, 0.3) is 11.1 Å². The standard InChI is InChI=1S/C28H33FN4O2/c1-5-28(35,6-2)23-10-9-19(21(14-31-4)26(23)30)18-12-17(3)22(24(29)13-18)15-33-16-25-20(27(33)34)8-7-11-32-25/h9-14,35H,5-8,15-16,30H2,1-4H3. The molecule has 0 saturated heterocycles. The van der Waals surface area contributed by atoms with Crippen LogP contribution in [0.4, 0.5) is 10.1 Å². The first kappa shape index (κ1) is 24.8. The lowest BCUT2D eigenvalue weighted by molar-refractivity contribution is -0.126. The van der Waals surface area contributed by atoms with Crippen LogP contribution in [0.1, 0.15) is 61.8 Å². The lowest BCUT2D eigenvalue weighted by Crippen LogP contribution is -2.27. The van der Waals surface area contributed by atoms with E-state index in [1.165, 1.54) is 6.07 Å². The van der Waals surface area contributed by atoms with E-state index in [0.717, 1.165) is 28.8 Å². The Kier molecular flexibility index (Phi) is 6.90. The highest BCUT2D eigenvalue weighted by atomic mass is 19.1. The maximum atomic E-state index is 15.5. The van der Waals surface area contributed by atoms with E-state index in [1.807, 2.05) is 45.2 Å². The van der Waals surface area contributed by atoms with Crippen LogP contribution >= 0.6 is 0 Å². The molecule has 0 radical (unpaired) electrons. The molecule has 7 heteroatoms. The molecule has 0 saturated carbocycles. The number of carbonyl (C=O) groups is 1. The van der Waals surface area contributed by atoms with E-state index in [9.17, 15) is 9.90 Å². The van der Waals surface area contributed by atoms with Crippen molar-refractivity contribution in [2.24, 2.45) is 9.98 Å². The average Bonchev–Trinajstić information content (AvgIpc) is 3.17. The number of hydrogen-bond acceptors (Lipinski definition) is 5. The monoisotopic (exact) mass is 476 g/mol. The Bertz CT molecular complexity index is 1230. The van der Waals surface area contributed by atoms with Crippen LogP contribution in [0, 0.1) is 12.7 Å². The van der Waals surface area contributed by atoms with Crippen molar-refractivity contribution in [1.29, 1.82) is 0 Å². The minimum Gasteiger partial charge on any atom is -0.398 e. The Morgan fingerprint density at radius 2 is 2.03 bits per heavy atom. The van der Waals surface area contributed by atoms with Gasteiger partial charge in [0.2, 0.25) is 0 Å². The average molecular weight is 477 g/mol. The number of anilines is 1. The van der Waals surface area contributed by atoms with Crippen molar-refractivity contribution in [1.82, 2.24) is 4.90 Å². The SMILES string of the molecule is CCC(O)(CC)c1ccc(-c2cc(C)c(CN3CC4=C(CCC=N4)C3=O)c(F)c2)c(C=NC)c1N. The second-order valence-corrected chi connectivity index (χ2v) is 9.30. The van der Waals surface area contributed by atoms with Crippen LogP contribution in [-0.2, 0) is 16.9 Å². The summed E-state index contributed by atoms with van der Waals surface area (Å²) >= 11 is 0. The van der Waals surface area contributed by atoms with Gasteiger partial charge in [0.15, 0.2) is 0 Å². The number of nitrogens with two attached hydrogens (primary N) is 1. The molecule has 2 aromatic carbocycles. The van der Waals surface area contributed by atoms with Crippen molar-refractivity contribution in [3.63, 3.8) is 0 Å². The lowest BCUT2D eigenvalue weighted by Gasteiger charge is -2.28. The maximum Gasteiger partial charge on any atom is 0.252 e. The molecule has 0 fully saturated rings. The van der Waals surface area contributed by atoms with E-state index >= 15 is 4.39 Å². The van der Waals surface area contributed by atoms with Crippen molar-refractivity contribution in [2.75, 3.05) is 19.3 Å². The van der Waals surface area contributed by atoms with Crippen molar-refractivity contribution < 1.29 is 14.3 Å². The van der Waals surface area contributed by atoms with E-state index in [0.29, 0.717) is 53.7 Å². The fourth-order valence-electron chi connectivity index (χ4n) is 5.06. The van der Waals surface area contributed by atoms with Gasteiger partial charge in [0.25, 0.3) is 5.91 Å². The molecule has 184 valence electrons. The summed E-state index contributed by atoms with van der Waals surface area (Å²) < 4.78 is 15.5. The van der Waals surface area contributed by atoms with Crippen molar-refractivity contribution in [3.05, 3.63) is 63.6 Å². The van der Waals surface area contributed by atoms with Crippen LogP contribution in [0.5, 0.6) is 0 Å². The summed E-state index contributed by atoms with van der Waals surface area (Å²) in [5.41, 5.74) is 11.4. The number of benzene rings is 2. The molecule has 0 atom stereocenters. The van der Waals surface area contributed by atoms with Gasteiger partial charge in [0.1, 0.15) is 5.82 Å². The number of nitrogens with zero attached hydrogens (tertiary/aromatic N) is 3. The molecule has 6 nitrogen and oxygen atoms in total. The number of aryl methyl sites for hydroxylation is 1. The summed E-state index contributed by atoms with van der Waals surface area (Å²) in [5, 5.41) is 11.1. The van der Waals surface area contributed by atoms with Gasteiger partial charge in [-0.1, -0.05) is 32.0 Å². The number of carbonyl (C=O) groups excluding carboxylic acids is 1. The number of aliphatic imine (C=N–C) groups is 2. The van der Waals surface area contributed by atoms with E-state index in [-0.39, 0.29) is 18.3 Å². The summed E-state index contributed by atoms with van der Waals surface area (Å²) in [7, 11) is 1.65. The van der Waals surface area contributed by atoms with Gasteiger partial charge in [0, 0.05) is 54.0 Å². The van der Waals surface area contributed by atoms with E-state index in [2.05, 4.69) is 9.98 Å². The number of nitrogen functional groups attached to an aromatic ring is 1. The zero-order valence-electron chi connectivity index (χ0n) is 20.9. The van der Waals surface area contributed by atoms with Crippen molar-refractivity contribution in [2.45, 2.75) is 58.6 Å². The predicted octanol–water partition coefficient (Wildman–Crippen LogP) is 4.90. The van der Waals surface area contributed by atoms with Crippen molar-refractivity contribution >= 4 is 24.0 Å². The maximum absolute atomic E-state index is 15.5. The Balaban J connectivity index is 1.70. The Hall–Kier alpha value is -3.32. The molecule has 3 N–H and O–H groups in total. The molecule has 2 aromatic rings. The van der Waals surface area contributed by atoms with Crippen molar-refractivity contribution in [3.8, 4) is 11.1 Å². The predicted molar refractivity (Wildman–Crippen MR) is 139 cm³/mol. The number of aliphatic hydroxyl groups is 1. The van der Waals surface area contributed by atoms with Gasteiger partial charge in [-0.15, -0.1) is 0 Å². The molecule has 1 amide bonds. The molecule has 2 aliphatic rings. The summed E-state index contributed by atoms with van der Waals surface area (Å²) in [6.45, 7) is 6.31. The van der Waals surface area contributed by atoms with Gasteiger partial charge in [-0.2, -0.15) is 0 Å². The third-order valence-electron chi connectivity index (χ3n) is 7.30. The van der Waals surface area contributed by atoms with E-state index in [4.69, 9.17) is 5.73 Å². The Labute approximate surface area is 206 Å². The topological polar surface area (TPSA) is 91.3 Å². The summed E-state index contributed by atoms with van der Waals surface area (Å²) in [6.07, 6.45) is 6.00. The van der Waals surface area contributed by atoms with E-state index in [1.54, 1.807) is 18.2 Å². The summed E-state index contributed by atoms with van der Waals surface area (Å²) in [4.78, 5) is 23.0. The third-order valence-corrected chi connectivity index (χ3v) is 7.30. The Morgan fingerprint density at radius 3 is 2.66 bits per heavy atom. The van der Waals surface area contributed by atoms with Crippen LogP contribution in [0.3, 0.4) is 0 Å². The van der Waals surface area contributed by atoms with Crippen LogP contribution in [0.15, 0.2) is 45.5 Å². The lowest BCUT2D eigenvalue weighted by atomic mass is 9.84. The first-order chi connectivity index (χ1) is 16.7. The fourth-order valence-corrected chi connectivity index (χ4v) is 5.06. The Morgan fingerprint density at radius 1 is 1.29 bits per heavy atom. The number of rotatable bonds is 7. The van der Waals surface area contributed by atoms with Gasteiger partial charge < -0.3 is 15.7 Å². The molecule has 0 bridgehead atoms. The molecule has 35 heavy (non-hydrogen) atoms. The first-order valence-corrected chi connectivity index (χ1v) is 12.1. The fraction of sp³-hybridized carbons (Fsp3) is 0.393. The highest BCUT2D eigenvalue weighted by molar-refractivity contribution is 5.99. The molecule has 2 heterocycles. The highest BCUT2D eigenvalue weighted by Crippen LogP contribution is 2.39.